The van der Waals surface area contributed by atoms with Crippen molar-refractivity contribution in [3.63, 3.8) is 0 Å². The number of aromatic nitrogens is 2. The first-order valence-electron chi connectivity index (χ1n) is 9.37. The van der Waals surface area contributed by atoms with E-state index in [1.54, 1.807) is 0 Å². The summed E-state index contributed by atoms with van der Waals surface area (Å²) >= 11 is 1.26. The SMILES string of the molecule is O=C(CSc1nc(-c2ccccc2)c(-c2ccccc2)[nH]1)N[C@H]1CCCS1(=O)=O. The van der Waals surface area contributed by atoms with E-state index in [-0.39, 0.29) is 17.4 Å². The highest BCUT2D eigenvalue weighted by Crippen LogP contribution is 2.32. The predicted molar refractivity (Wildman–Crippen MR) is 115 cm³/mol. The molecule has 1 amide bonds. The molecule has 150 valence electrons. The number of nitrogens with zero attached hydrogens (tertiary/aromatic N) is 1. The predicted octanol–water partition coefficient (Wildman–Crippen LogP) is 3.49. The smallest absolute Gasteiger partial charge is 0.231 e. The van der Waals surface area contributed by atoms with E-state index in [1.807, 2.05) is 60.7 Å². The van der Waals surface area contributed by atoms with Gasteiger partial charge in [-0.3, -0.25) is 4.79 Å². The van der Waals surface area contributed by atoms with Crippen molar-refractivity contribution in [3.8, 4) is 22.5 Å². The summed E-state index contributed by atoms with van der Waals surface area (Å²) in [5.41, 5.74) is 3.69. The van der Waals surface area contributed by atoms with Crippen LogP contribution in [-0.4, -0.2) is 41.2 Å². The maximum absolute atomic E-state index is 12.3. The number of nitrogens with one attached hydrogen (secondary N) is 2. The van der Waals surface area contributed by atoms with Crippen LogP contribution in [0.15, 0.2) is 65.8 Å². The third kappa shape index (κ3) is 4.54. The van der Waals surface area contributed by atoms with E-state index < -0.39 is 15.2 Å². The molecule has 2 heterocycles. The molecule has 3 aromatic rings. The molecule has 1 aromatic heterocycles. The lowest BCUT2D eigenvalue weighted by molar-refractivity contribution is -0.118. The molecule has 2 aromatic carbocycles. The highest BCUT2D eigenvalue weighted by atomic mass is 32.2. The Labute approximate surface area is 174 Å². The first-order chi connectivity index (χ1) is 14.0. The summed E-state index contributed by atoms with van der Waals surface area (Å²) in [6, 6.07) is 19.8. The van der Waals surface area contributed by atoms with Crippen LogP contribution in [0.2, 0.25) is 0 Å². The van der Waals surface area contributed by atoms with E-state index in [4.69, 9.17) is 4.98 Å². The van der Waals surface area contributed by atoms with E-state index in [1.165, 1.54) is 11.8 Å². The molecule has 0 spiro atoms. The molecule has 0 saturated carbocycles. The third-order valence-corrected chi connectivity index (χ3v) is 7.73. The Morgan fingerprint density at radius 1 is 1.07 bits per heavy atom. The molecule has 8 heteroatoms. The average Bonchev–Trinajstić information content (AvgIpc) is 3.31. The number of H-pyrrole nitrogens is 1. The number of imidazole rings is 1. The lowest BCUT2D eigenvalue weighted by atomic mass is 10.1. The van der Waals surface area contributed by atoms with Crippen molar-refractivity contribution in [2.75, 3.05) is 11.5 Å². The Balaban J connectivity index is 1.52. The number of thioether (sulfide) groups is 1. The zero-order valence-corrected chi connectivity index (χ0v) is 17.3. The van der Waals surface area contributed by atoms with Gasteiger partial charge in [-0.2, -0.15) is 0 Å². The van der Waals surface area contributed by atoms with Gasteiger partial charge >= 0.3 is 0 Å². The molecule has 29 heavy (non-hydrogen) atoms. The normalized spacial score (nSPS) is 17.9. The number of benzene rings is 2. The van der Waals surface area contributed by atoms with Gasteiger partial charge in [0, 0.05) is 11.1 Å². The molecule has 1 aliphatic rings. The second kappa shape index (κ2) is 8.42. The first-order valence-corrected chi connectivity index (χ1v) is 12.1. The van der Waals surface area contributed by atoms with Gasteiger partial charge in [-0.1, -0.05) is 72.4 Å². The fourth-order valence-electron chi connectivity index (χ4n) is 3.35. The van der Waals surface area contributed by atoms with E-state index in [9.17, 15) is 13.2 Å². The highest BCUT2D eigenvalue weighted by Gasteiger charge is 2.32. The van der Waals surface area contributed by atoms with Crippen LogP contribution in [-0.2, 0) is 14.6 Å². The minimum Gasteiger partial charge on any atom is -0.339 e. The summed E-state index contributed by atoms with van der Waals surface area (Å²) in [5, 5.41) is 2.50. The van der Waals surface area contributed by atoms with Gasteiger partial charge in [0.25, 0.3) is 0 Å². The number of hydrogen-bond donors (Lipinski definition) is 2. The van der Waals surface area contributed by atoms with Crippen molar-refractivity contribution in [3.05, 3.63) is 60.7 Å². The summed E-state index contributed by atoms with van der Waals surface area (Å²) in [6.45, 7) is 0. The molecule has 0 unspecified atom stereocenters. The van der Waals surface area contributed by atoms with Crippen LogP contribution in [0.4, 0.5) is 0 Å². The third-order valence-electron chi connectivity index (χ3n) is 4.78. The van der Waals surface area contributed by atoms with Crippen LogP contribution in [0.1, 0.15) is 12.8 Å². The van der Waals surface area contributed by atoms with Crippen LogP contribution in [0.3, 0.4) is 0 Å². The number of amides is 1. The van der Waals surface area contributed by atoms with Crippen molar-refractivity contribution in [2.45, 2.75) is 23.4 Å². The van der Waals surface area contributed by atoms with Gasteiger partial charge in [0.15, 0.2) is 15.0 Å². The number of sulfone groups is 1. The molecule has 0 radical (unpaired) electrons. The topological polar surface area (TPSA) is 91.9 Å². The number of aromatic amines is 1. The molecule has 1 aliphatic heterocycles. The van der Waals surface area contributed by atoms with Gasteiger partial charge < -0.3 is 10.3 Å². The van der Waals surface area contributed by atoms with Crippen LogP contribution in [0.25, 0.3) is 22.5 Å². The molecular formula is C21H21N3O3S2. The van der Waals surface area contributed by atoms with E-state index in [0.717, 1.165) is 22.5 Å². The zero-order valence-electron chi connectivity index (χ0n) is 15.7. The Morgan fingerprint density at radius 3 is 2.34 bits per heavy atom. The van der Waals surface area contributed by atoms with Gasteiger partial charge in [0.2, 0.25) is 5.91 Å². The van der Waals surface area contributed by atoms with E-state index in [2.05, 4.69) is 10.3 Å². The maximum Gasteiger partial charge on any atom is 0.231 e. The van der Waals surface area contributed by atoms with Gasteiger partial charge in [-0.25, -0.2) is 13.4 Å². The molecule has 4 rings (SSSR count). The second-order valence-corrected chi connectivity index (χ2v) is 10.1. The summed E-state index contributed by atoms with van der Waals surface area (Å²) in [4.78, 5) is 20.3. The molecule has 6 nitrogen and oxygen atoms in total. The molecule has 0 aliphatic carbocycles. The van der Waals surface area contributed by atoms with E-state index in [0.29, 0.717) is 18.0 Å². The van der Waals surface area contributed by atoms with E-state index >= 15 is 0 Å². The molecule has 1 atom stereocenters. The fourth-order valence-corrected chi connectivity index (χ4v) is 5.72. The number of carbonyl (C=O) groups is 1. The van der Waals surface area contributed by atoms with Crippen LogP contribution >= 0.6 is 11.8 Å². The number of carbonyl (C=O) groups excluding carboxylic acids is 1. The summed E-state index contributed by atoms with van der Waals surface area (Å²) < 4.78 is 23.8. The van der Waals surface area contributed by atoms with Crippen LogP contribution in [0.5, 0.6) is 0 Å². The standard InChI is InChI=1S/C21H21N3O3S2/c25-17(22-18-12-7-13-29(18,26)27)14-28-21-23-19(15-8-3-1-4-9-15)20(24-21)16-10-5-2-6-11-16/h1-6,8-11,18H,7,12-14H2,(H,22,25)(H,23,24)/t18-/m1/s1. The average molecular weight is 428 g/mol. The maximum atomic E-state index is 12.3. The molecule has 0 bridgehead atoms. The van der Waals surface area contributed by atoms with Crippen molar-refractivity contribution in [1.82, 2.24) is 15.3 Å². The molecule has 1 saturated heterocycles. The highest BCUT2D eigenvalue weighted by molar-refractivity contribution is 7.99. The van der Waals surface area contributed by atoms with Crippen molar-refractivity contribution < 1.29 is 13.2 Å². The lowest BCUT2D eigenvalue weighted by Gasteiger charge is -2.11. The van der Waals surface area contributed by atoms with Gasteiger partial charge in [0.1, 0.15) is 5.37 Å². The summed E-state index contributed by atoms with van der Waals surface area (Å²) in [5.74, 6) is -0.0593. The van der Waals surface area contributed by atoms with Crippen molar-refractivity contribution in [2.24, 2.45) is 0 Å². The molecular weight excluding hydrogens is 406 g/mol. The molecule has 1 fully saturated rings. The summed E-state index contributed by atoms with van der Waals surface area (Å²) in [6.07, 6.45) is 1.08. The molecule has 2 N–H and O–H groups in total. The van der Waals surface area contributed by atoms with Crippen molar-refractivity contribution >= 4 is 27.5 Å². The van der Waals surface area contributed by atoms with Crippen molar-refractivity contribution in [1.29, 1.82) is 0 Å². The zero-order chi connectivity index (χ0) is 20.3. The van der Waals surface area contributed by atoms with Gasteiger partial charge in [-0.05, 0) is 12.8 Å². The number of hydrogen-bond acceptors (Lipinski definition) is 5. The largest absolute Gasteiger partial charge is 0.339 e. The van der Waals surface area contributed by atoms with Crippen LogP contribution in [0, 0.1) is 0 Å². The minimum atomic E-state index is -3.20. The lowest BCUT2D eigenvalue weighted by Crippen LogP contribution is -2.38. The van der Waals surface area contributed by atoms with Gasteiger partial charge in [0.05, 0.1) is 22.9 Å². The Hall–Kier alpha value is -2.58. The van der Waals surface area contributed by atoms with Gasteiger partial charge in [-0.15, -0.1) is 0 Å². The minimum absolute atomic E-state index is 0.0992. The Bertz CT molecular complexity index is 1040. The second-order valence-electron chi connectivity index (χ2n) is 6.85. The fraction of sp³-hybridized carbons (Fsp3) is 0.238. The Morgan fingerprint density at radius 2 is 1.72 bits per heavy atom. The Kier molecular flexibility index (Phi) is 5.73. The number of rotatable bonds is 6. The monoisotopic (exact) mass is 427 g/mol. The summed E-state index contributed by atoms with van der Waals surface area (Å²) in [7, 11) is -3.20. The quantitative estimate of drug-likeness (QED) is 0.588. The first kappa shape index (κ1) is 19.7. The van der Waals surface area contributed by atoms with Crippen LogP contribution < -0.4 is 5.32 Å².